The summed E-state index contributed by atoms with van der Waals surface area (Å²) in [5.74, 6) is 0.713. The molecule has 106 valence electrons. The summed E-state index contributed by atoms with van der Waals surface area (Å²) < 4.78 is 10.6. The first-order valence-electron chi connectivity index (χ1n) is 6.85. The number of epoxide rings is 1. The summed E-state index contributed by atoms with van der Waals surface area (Å²) in [6.45, 7) is 0. The van der Waals surface area contributed by atoms with Crippen LogP contribution in [0, 0.1) is 0 Å². The van der Waals surface area contributed by atoms with Gasteiger partial charge in [-0.1, -0.05) is 30.3 Å². The summed E-state index contributed by atoms with van der Waals surface area (Å²) in [6.07, 6.45) is 3.47. The Morgan fingerprint density at radius 1 is 1.10 bits per heavy atom. The van der Waals surface area contributed by atoms with Crippen LogP contribution in [0.3, 0.4) is 0 Å². The topological polar surface area (TPSA) is 38.8 Å². The zero-order chi connectivity index (χ0) is 14.7. The molecular weight excluding hydrogens is 264 g/mol. The Morgan fingerprint density at radius 3 is 2.48 bits per heavy atom. The number of methoxy groups -OCH3 is 1. The molecular formula is C18H16O3. The smallest absolute Gasteiger partial charge is 0.185 e. The van der Waals surface area contributed by atoms with Crippen LogP contribution in [0.4, 0.5) is 0 Å². The van der Waals surface area contributed by atoms with Crippen LogP contribution < -0.4 is 4.74 Å². The fourth-order valence-corrected chi connectivity index (χ4v) is 2.21. The molecule has 3 rings (SSSR count). The first kappa shape index (κ1) is 13.6. The molecule has 3 heteroatoms. The molecule has 3 nitrogen and oxygen atoms in total. The van der Waals surface area contributed by atoms with Gasteiger partial charge < -0.3 is 9.47 Å². The number of ketones is 1. The maximum Gasteiger partial charge on any atom is 0.185 e. The Bertz CT molecular complexity index is 644. The predicted molar refractivity (Wildman–Crippen MR) is 80.5 cm³/mol. The minimum Gasteiger partial charge on any atom is -0.497 e. The van der Waals surface area contributed by atoms with E-state index in [0.717, 1.165) is 11.3 Å². The molecule has 0 bridgehead atoms. The highest BCUT2D eigenvalue weighted by Crippen LogP contribution is 2.39. The van der Waals surface area contributed by atoms with Crippen molar-refractivity contribution in [2.75, 3.05) is 7.11 Å². The molecule has 0 amide bonds. The van der Waals surface area contributed by atoms with Crippen molar-refractivity contribution in [3.05, 3.63) is 77.9 Å². The van der Waals surface area contributed by atoms with Gasteiger partial charge in [-0.25, -0.2) is 0 Å². The Kier molecular flexibility index (Phi) is 3.84. The molecule has 0 N–H and O–H groups in total. The average molecular weight is 280 g/mol. The molecule has 0 aromatic heterocycles. The molecule has 0 radical (unpaired) electrons. The van der Waals surface area contributed by atoms with E-state index in [-0.39, 0.29) is 18.0 Å². The molecule has 0 aliphatic carbocycles. The van der Waals surface area contributed by atoms with E-state index in [4.69, 9.17) is 9.47 Å². The largest absolute Gasteiger partial charge is 0.497 e. The lowest BCUT2D eigenvalue weighted by atomic mass is 10.1. The number of benzene rings is 2. The van der Waals surface area contributed by atoms with E-state index >= 15 is 0 Å². The lowest BCUT2D eigenvalue weighted by Gasteiger charge is -1.99. The van der Waals surface area contributed by atoms with Crippen LogP contribution in [0.1, 0.15) is 22.0 Å². The van der Waals surface area contributed by atoms with Crippen LogP contribution in [0.25, 0.3) is 0 Å². The summed E-state index contributed by atoms with van der Waals surface area (Å²) >= 11 is 0. The van der Waals surface area contributed by atoms with E-state index < -0.39 is 0 Å². The van der Waals surface area contributed by atoms with Gasteiger partial charge in [-0.15, -0.1) is 0 Å². The maximum absolute atomic E-state index is 12.0. The zero-order valence-electron chi connectivity index (χ0n) is 11.7. The van der Waals surface area contributed by atoms with Gasteiger partial charge in [0.05, 0.1) is 7.11 Å². The Labute approximate surface area is 123 Å². The second kappa shape index (κ2) is 5.94. The number of rotatable bonds is 5. The van der Waals surface area contributed by atoms with Gasteiger partial charge in [0.15, 0.2) is 5.78 Å². The lowest BCUT2D eigenvalue weighted by Crippen LogP contribution is -1.95. The van der Waals surface area contributed by atoms with Crippen molar-refractivity contribution >= 4 is 5.78 Å². The second-order valence-electron chi connectivity index (χ2n) is 4.88. The van der Waals surface area contributed by atoms with Crippen molar-refractivity contribution in [3.63, 3.8) is 0 Å². The zero-order valence-corrected chi connectivity index (χ0v) is 11.7. The van der Waals surface area contributed by atoms with Gasteiger partial charge in [0, 0.05) is 5.56 Å². The van der Waals surface area contributed by atoms with Gasteiger partial charge in [-0.05, 0) is 42.0 Å². The predicted octanol–water partition coefficient (Wildman–Crippen LogP) is 3.57. The van der Waals surface area contributed by atoms with Crippen molar-refractivity contribution in [3.8, 4) is 5.75 Å². The first-order valence-corrected chi connectivity index (χ1v) is 6.85. The summed E-state index contributed by atoms with van der Waals surface area (Å²) in [5, 5.41) is 0. The van der Waals surface area contributed by atoms with Crippen molar-refractivity contribution < 1.29 is 14.3 Å². The van der Waals surface area contributed by atoms with Crippen LogP contribution in [0.5, 0.6) is 5.75 Å². The molecule has 1 aliphatic rings. The molecule has 1 aliphatic heterocycles. The van der Waals surface area contributed by atoms with E-state index in [1.165, 1.54) is 0 Å². The van der Waals surface area contributed by atoms with E-state index in [1.54, 1.807) is 37.5 Å². The lowest BCUT2D eigenvalue weighted by molar-refractivity contribution is 0.104. The van der Waals surface area contributed by atoms with Crippen molar-refractivity contribution in [1.29, 1.82) is 0 Å². The third-order valence-corrected chi connectivity index (χ3v) is 3.47. The Morgan fingerprint density at radius 2 is 1.81 bits per heavy atom. The van der Waals surface area contributed by atoms with E-state index in [1.807, 2.05) is 36.4 Å². The molecule has 1 fully saturated rings. The standard InChI is InChI=1S/C18H16O3/c1-20-15-9-7-13(8-10-15)16(19)11-12-17-18(21-17)14-5-3-2-4-6-14/h2-12,17-18H,1H3/b12-11+/t17-,18-/m1/s1. The number of hydrogen-bond donors (Lipinski definition) is 0. The highest BCUT2D eigenvalue weighted by atomic mass is 16.6. The van der Waals surface area contributed by atoms with E-state index in [9.17, 15) is 4.79 Å². The number of hydrogen-bond acceptors (Lipinski definition) is 3. The van der Waals surface area contributed by atoms with Crippen molar-refractivity contribution in [1.82, 2.24) is 0 Å². The molecule has 2 aromatic carbocycles. The number of carbonyl (C=O) groups is 1. The number of allylic oxidation sites excluding steroid dienone is 1. The van der Waals surface area contributed by atoms with Crippen LogP contribution in [0.2, 0.25) is 0 Å². The second-order valence-corrected chi connectivity index (χ2v) is 4.88. The SMILES string of the molecule is COc1ccc(C(=O)/C=C/[C@H]2O[C@@H]2c2ccccc2)cc1. The normalized spacial score (nSPS) is 20.4. The molecule has 0 saturated carbocycles. The molecule has 21 heavy (non-hydrogen) atoms. The van der Waals surface area contributed by atoms with Crippen LogP contribution >= 0.6 is 0 Å². The van der Waals surface area contributed by atoms with Crippen LogP contribution in [-0.4, -0.2) is 19.0 Å². The van der Waals surface area contributed by atoms with Crippen LogP contribution in [-0.2, 0) is 4.74 Å². The van der Waals surface area contributed by atoms with Crippen LogP contribution in [0.15, 0.2) is 66.7 Å². The minimum absolute atomic E-state index is 0.00500. The molecule has 2 atom stereocenters. The van der Waals surface area contributed by atoms with Gasteiger partial charge in [0.2, 0.25) is 0 Å². The fourth-order valence-electron chi connectivity index (χ4n) is 2.21. The van der Waals surface area contributed by atoms with Crippen molar-refractivity contribution in [2.45, 2.75) is 12.2 Å². The van der Waals surface area contributed by atoms with Gasteiger partial charge in [-0.2, -0.15) is 0 Å². The summed E-state index contributed by atoms with van der Waals surface area (Å²) in [5.41, 5.74) is 1.79. The fraction of sp³-hybridized carbons (Fsp3) is 0.167. The highest BCUT2D eigenvalue weighted by molar-refractivity contribution is 6.04. The van der Waals surface area contributed by atoms with E-state index in [2.05, 4.69) is 0 Å². The Hall–Kier alpha value is -2.39. The third-order valence-electron chi connectivity index (χ3n) is 3.47. The summed E-state index contributed by atoms with van der Waals surface area (Å²) in [7, 11) is 1.60. The van der Waals surface area contributed by atoms with Gasteiger partial charge in [-0.3, -0.25) is 4.79 Å². The molecule has 2 aromatic rings. The third kappa shape index (κ3) is 3.20. The van der Waals surface area contributed by atoms with E-state index in [0.29, 0.717) is 5.56 Å². The molecule has 0 unspecified atom stereocenters. The quantitative estimate of drug-likeness (QED) is 0.477. The maximum atomic E-state index is 12.0. The highest BCUT2D eigenvalue weighted by Gasteiger charge is 2.37. The summed E-state index contributed by atoms with van der Waals surface area (Å²) in [6, 6.07) is 17.1. The molecule has 0 spiro atoms. The minimum atomic E-state index is -0.0278. The first-order chi connectivity index (χ1) is 10.3. The van der Waals surface area contributed by atoms with Gasteiger partial charge in [0.1, 0.15) is 18.0 Å². The van der Waals surface area contributed by atoms with Gasteiger partial charge >= 0.3 is 0 Å². The Balaban J connectivity index is 1.60. The number of carbonyl (C=O) groups excluding carboxylic acids is 1. The van der Waals surface area contributed by atoms with Crippen molar-refractivity contribution in [2.24, 2.45) is 0 Å². The monoisotopic (exact) mass is 280 g/mol. The summed E-state index contributed by atoms with van der Waals surface area (Å²) in [4.78, 5) is 12.0. The van der Waals surface area contributed by atoms with Gasteiger partial charge in [0.25, 0.3) is 0 Å². The average Bonchev–Trinajstić information content (AvgIpc) is 3.33. The molecule has 1 saturated heterocycles. The number of ether oxygens (including phenoxy) is 2. The molecule has 1 heterocycles.